The van der Waals surface area contributed by atoms with Crippen molar-refractivity contribution in [3.8, 4) is 0 Å². The van der Waals surface area contributed by atoms with Crippen LogP contribution in [0.2, 0.25) is 0 Å². The van der Waals surface area contributed by atoms with Crippen molar-refractivity contribution in [1.82, 2.24) is 0 Å². The molecule has 1 aromatic heterocycles. The van der Waals surface area contributed by atoms with Crippen LogP contribution in [0.15, 0.2) is 48.8 Å². The molecule has 0 spiro atoms. The molecule has 0 aliphatic heterocycles. The van der Waals surface area contributed by atoms with Crippen molar-refractivity contribution in [2.75, 3.05) is 19.6 Å². The summed E-state index contributed by atoms with van der Waals surface area (Å²) in [6, 6.07) is 9.67. The minimum atomic E-state index is -1.21. The Morgan fingerprint density at radius 1 is 1.09 bits per heavy atom. The number of hydrogen-bond acceptors (Lipinski definition) is 4. The largest absolute Gasteiger partial charge is 0.478 e. The summed E-state index contributed by atoms with van der Waals surface area (Å²) in [5, 5.41) is 9.36. The molecule has 7 heteroatoms. The molecule has 0 fully saturated rings. The van der Waals surface area contributed by atoms with Gasteiger partial charge >= 0.3 is 11.9 Å². The van der Waals surface area contributed by atoms with Crippen molar-refractivity contribution in [3.63, 3.8) is 0 Å². The highest BCUT2D eigenvalue weighted by Crippen LogP contribution is 2.21. The molecule has 2 rings (SSSR count). The number of nitrogens with one attached hydrogen (secondary N) is 1. The van der Waals surface area contributed by atoms with Gasteiger partial charge in [-0.25, -0.2) is 4.79 Å². The van der Waals surface area contributed by atoms with Crippen LogP contribution in [-0.4, -0.2) is 31.2 Å². The van der Waals surface area contributed by atoms with E-state index >= 15 is 0 Å². The zero-order valence-electron chi connectivity index (χ0n) is 12.7. The van der Waals surface area contributed by atoms with Gasteiger partial charge in [0.25, 0.3) is 0 Å². The summed E-state index contributed by atoms with van der Waals surface area (Å²) in [5.74, 6) is -1.74. The average Bonchev–Trinajstić information content (AvgIpc) is 2.56. The lowest BCUT2D eigenvalue weighted by Crippen LogP contribution is -2.47. The Morgan fingerprint density at radius 3 is 2.30 bits per heavy atom. The maximum absolute atomic E-state index is 12.3. The molecular weight excluding hydrogens is 300 g/mol. The molecule has 0 saturated heterocycles. The summed E-state index contributed by atoms with van der Waals surface area (Å²) in [6.07, 6.45) is 2.57. The van der Waals surface area contributed by atoms with Gasteiger partial charge in [-0.15, -0.1) is 5.43 Å². The summed E-state index contributed by atoms with van der Waals surface area (Å²) >= 11 is 0. The molecule has 0 bridgehead atoms. The van der Waals surface area contributed by atoms with E-state index in [0.717, 1.165) is 0 Å². The fraction of sp³-hybridized carbons (Fsp3) is 0.188. The van der Waals surface area contributed by atoms with Crippen LogP contribution in [0.25, 0.3) is 0 Å². The van der Waals surface area contributed by atoms with E-state index in [1.165, 1.54) is 31.0 Å². The molecule has 0 aliphatic rings. The number of rotatable bonds is 6. The topological polar surface area (TPSA) is 88.7 Å². The number of methoxy groups -OCH3 is 2. The van der Waals surface area contributed by atoms with Gasteiger partial charge in [0.05, 0.1) is 11.1 Å². The number of nitrogens with zero attached hydrogens (tertiary/aromatic N) is 1. The summed E-state index contributed by atoms with van der Waals surface area (Å²) in [4.78, 5) is 23.8. The molecule has 2 N–H and O–H groups in total. The van der Waals surface area contributed by atoms with Crippen LogP contribution in [0.4, 0.5) is 0 Å². The number of carboxylic acids is 1. The number of pyridine rings is 1. The Morgan fingerprint density at radius 2 is 1.74 bits per heavy atom. The predicted molar refractivity (Wildman–Crippen MR) is 80.5 cm³/mol. The highest BCUT2D eigenvalue weighted by Gasteiger charge is 2.21. The predicted octanol–water partition coefficient (Wildman–Crippen LogP) is 1.35. The molecule has 1 amide bonds. The van der Waals surface area contributed by atoms with Crippen LogP contribution in [0, 0.1) is 0 Å². The molecule has 1 aromatic carbocycles. The Hall–Kier alpha value is -2.77. The number of carboxylic acid groups (broad SMARTS) is 1. The highest BCUT2D eigenvalue weighted by molar-refractivity contribution is 6.07. The van der Waals surface area contributed by atoms with Gasteiger partial charge in [-0.2, -0.15) is 0 Å². The molecule has 0 radical (unpaired) electrons. The van der Waals surface area contributed by atoms with Gasteiger partial charge in [-0.3, -0.25) is 4.79 Å². The fourth-order valence-electron chi connectivity index (χ4n) is 2.10. The van der Waals surface area contributed by atoms with Crippen molar-refractivity contribution in [2.45, 2.75) is 6.29 Å². The number of benzene rings is 1. The molecule has 0 saturated carbocycles. The number of carbonyl (C=O) groups excluding carboxylic acids is 1. The Kier molecular flexibility index (Phi) is 5.40. The van der Waals surface area contributed by atoms with E-state index < -0.39 is 18.2 Å². The fourth-order valence-corrected chi connectivity index (χ4v) is 2.10. The monoisotopic (exact) mass is 317 g/mol. The third-order valence-electron chi connectivity index (χ3n) is 3.17. The van der Waals surface area contributed by atoms with Gasteiger partial charge < -0.3 is 14.6 Å². The summed E-state index contributed by atoms with van der Waals surface area (Å²) < 4.78 is 11.6. The molecule has 0 unspecified atom stereocenters. The van der Waals surface area contributed by atoms with Gasteiger partial charge in [0.15, 0.2) is 18.7 Å². The lowest BCUT2D eigenvalue weighted by atomic mass is 10.0. The van der Waals surface area contributed by atoms with Crippen LogP contribution in [0.5, 0.6) is 0 Å². The average molecular weight is 317 g/mol. The smallest absolute Gasteiger partial charge is 0.336 e. The van der Waals surface area contributed by atoms with Crippen LogP contribution in [-0.2, 0) is 9.47 Å². The van der Waals surface area contributed by atoms with E-state index in [0.29, 0.717) is 5.56 Å². The first-order valence-electron chi connectivity index (χ1n) is 6.77. The summed E-state index contributed by atoms with van der Waals surface area (Å²) in [7, 11) is 2.89. The van der Waals surface area contributed by atoms with E-state index in [1.54, 1.807) is 36.7 Å². The molecule has 23 heavy (non-hydrogen) atoms. The van der Waals surface area contributed by atoms with Crippen molar-refractivity contribution < 1.29 is 28.8 Å². The number of aromatic carboxylic acids is 1. The highest BCUT2D eigenvalue weighted by atomic mass is 16.7. The van der Waals surface area contributed by atoms with E-state index in [9.17, 15) is 14.7 Å². The van der Waals surface area contributed by atoms with E-state index in [2.05, 4.69) is 5.43 Å². The van der Waals surface area contributed by atoms with Gasteiger partial charge in [-0.1, -0.05) is 16.8 Å². The number of ether oxygens (including phenoxy) is 2. The van der Waals surface area contributed by atoms with Crippen LogP contribution in [0.1, 0.15) is 32.6 Å². The lowest BCUT2D eigenvalue weighted by molar-refractivity contribution is -0.641. The maximum Gasteiger partial charge on any atom is 0.336 e. The third kappa shape index (κ3) is 3.91. The zero-order chi connectivity index (χ0) is 16.8. The van der Waals surface area contributed by atoms with Crippen molar-refractivity contribution in [3.05, 3.63) is 65.5 Å². The zero-order valence-corrected chi connectivity index (χ0v) is 12.7. The summed E-state index contributed by atoms with van der Waals surface area (Å²) in [5.41, 5.74) is 3.01. The van der Waals surface area contributed by atoms with Gasteiger partial charge in [0.2, 0.25) is 0 Å². The summed E-state index contributed by atoms with van der Waals surface area (Å²) in [6.45, 7) is 0. The molecule has 0 atom stereocenters. The van der Waals surface area contributed by atoms with Crippen molar-refractivity contribution >= 4 is 11.9 Å². The molecule has 0 aliphatic carbocycles. The van der Waals surface area contributed by atoms with Gasteiger partial charge in [-0.05, 0) is 12.1 Å². The first-order chi connectivity index (χ1) is 11.1. The van der Waals surface area contributed by atoms with Crippen LogP contribution >= 0.6 is 0 Å². The van der Waals surface area contributed by atoms with Crippen LogP contribution in [0.3, 0.4) is 0 Å². The second-order valence-corrected chi connectivity index (χ2v) is 4.64. The molecule has 2 aromatic rings. The lowest BCUT2D eigenvalue weighted by Gasteiger charge is -2.15. The molecular formula is C16H17N2O5+. The molecule has 1 heterocycles. The Bertz CT molecular complexity index is 699. The Labute approximate surface area is 133 Å². The standard InChI is InChI=1S/C16H16N2O5/c1-22-16(23-2)11-6-7-12(13(10-11)15(20)21)14(19)17-18-8-4-3-5-9-18/h3-10,16H,1-2H3,(H-,17,19,20,21)/p+1. The van der Waals surface area contributed by atoms with E-state index in [4.69, 9.17) is 9.47 Å². The van der Waals surface area contributed by atoms with E-state index in [-0.39, 0.29) is 11.1 Å². The van der Waals surface area contributed by atoms with Crippen LogP contribution < -0.4 is 10.1 Å². The number of aromatic nitrogens is 1. The van der Waals surface area contributed by atoms with E-state index in [1.807, 2.05) is 0 Å². The van der Waals surface area contributed by atoms with Gasteiger partial charge in [0, 0.05) is 31.9 Å². The molecule has 7 nitrogen and oxygen atoms in total. The SMILES string of the molecule is COC(OC)c1ccc(C(=O)N[n+]2ccccc2)c(C(=O)O)c1. The normalized spacial score (nSPS) is 10.6. The first kappa shape index (κ1) is 16.6. The second kappa shape index (κ2) is 7.48. The number of carbonyl (C=O) groups is 2. The van der Waals surface area contributed by atoms with Crippen molar-refractivity contribution in [2.24, 2.45) is 0 Å². The maximum atomic E-state index is 12.3. The number of amides is 1. The Balaban J connectivity index is 2.34. The van der Waals surface area contributed by atoms with Gasteiger partial charge in [0.1, 0.15) is 0 Å². The minimum Gasteiger partial charge on any atom is -0.478 e. The third-order valence-corrected chi connectivity index (χ3v) is 3.17. The van der Waals surface area contributed by atoms with Crippen molar-refractivity contribution in [1.29, 1.82) is 0 Å². The first-order valence-corrected chi connectivity index (χ1v) is 6.77. The second-order valence-electron chi connectivity index (χ2n) is 4.64. The number of hydrogen-bond donors (Lipinski definition) is 2. The minimum absolute atomic E-state index is 0.0450. The molecule has 120 valence electrons. The quantitative estimate of drug-likeness (QED) is 0.620.